The minimum atomic E-state index is -0.356. The summed E-state index contributed by atoms with van der Waals surface area (Å²) in [5.41, 5.74) is 2.68. The van der Waals surface area contributed by atoms with E-state index in [2.05, 4.69) is 5.32 Å². The number of nitrogens with one attached hydrogen (secondary N) is 1. The van der Waals surface area contributed by atoms with E-state index in [1.807, 2.05) is 19.1 Å². The van der Waals surface area contributed by atoms with Crippen LogP contribution in [-0.2, 0) is 4.79 Å². The Hall–Kier alpha value is -2.50. The van der Waals surface area contributed by atoms with Crippen molar-refractivity contribution in [2.24, 2.45) is 0 Å². The van der Waals surface area contributed by atoms with Crippen molar-refractivity contribution in [3.05, 3.63) is 63.3 Å². The van der Waals surface area contributed by atoms with Gasteiger partial charge in [-0.15, -0.1) is 0 Å². The molecule has 0 aliphatic heterocycles. The van der Waals surface area contributed by atoms with Crippen molar-refractivity contribution in [2.75, 3.05) is 18.4 Å². The van der Waals surface area contributed by atoms with E-state index in [4.69, 9.17) is 27.6 Å². The molecule has 1 N–H and O–H groups in total. The fourth-order valence-electron chi connectivity index (χ4n) is 2.98. The average Bonchev–Trinajstić information content (AvgIpc) is 3.00. The lowest BCUT2D eigenvalue weighted by atomic mass is 10.1. The number of furan rings is 1. The number of hydrogen-bond donors (Lipinski definition) is 1. The van der Waals surface area contributed by atoms with E-state index in [1.54, 1.807) is 38.1 Å². The first-order valence-electron chi connectivity index (χ1n) is 8.84. The van der Waals surface area contributed by atoms with E-state index in [1.165, 1.54) is 4.90 Å². The average molecular weight is 419 g/mol. The summed E-state index contributed by atoms with van der Waals surface area (Å²) in [7, 11) is 0. The second-order valence-electron chi connectivity index (χ2n) is 6.50. The number of benzene rings is 2. The van der Waals surface area contributed by atoms with Crippen molar-refractivity contribution < 1.29 is 14.0 Å². The Morgan fingerprint density at radius 3 is 2.57 bits per heavy atom. The lowest BCUT2D eigenvalue weighted by Crippen LogP contribution is -2.38. The van der Waals surface area contributed by atoms with Crippen molar-refractivity contribution in [2.45, 2.75) is 20.8 Å². The normalized spacial score (nSPS) is 10.9. The molecule has 7 heteroatoms. The molecule has 3 rings (SSSR count). The van der Waals surface area contributed by atoms with Crippen LogP contribution in [0.2, 0.25) is 10.0 Å². The van der Waals surface area contributed by atoms with Gasteiger partial charge in [-0.05, 0) is 44.5 Å². The third kappa shape index (κ3) is 4.01. The zero-order valence-corrected chi connectivity index (χ0v) is 17.3. The van der Waals surface area contributed by atoms with Gasteiger partial charge in [0.15, 0.2) is 11.3 Å². The molecule has 2 aromatic carbocycles. The summed E-state index contributed by atoms with van der Waals surface area (Å²) >= 11 is 12.2. The fraction of sp³-hybridized carbons (Fsp3) is 0.238. The number of rotatable bonds is 5. The quantitative estimate of drug-likeness (QED) is 0.598. The summed E-state index contributed by atoms with van der Waals surface area (Å²) in [5.74, 6) is -0.478. The molecule has 1 aromatic heterocycles. The molecular formula is C21H20Cl2N2O3. The molecule has 0 saturated heterocycles. The Kier molecular flexibility index (Phi) is 5.96. The molecule has 0 aliphatic carbocycles. The molecule has 3 aromatic rings. The van der Waals surface area contributed by atoms with E-state index in [0.29, 0.717) is 33.4 Å². The molecule has 2 amide bonds. The maximum absolute atomic E-state index is 13.0. The number of amides is 2. The monoisotopic (exact) mass is 418 g/mol. The van der Waals surface area contributed by atoms with E-state index in [-0.39, 0.29) is 24.1 Å². The maximum atomic E-state index is 13.0. The van der Waals surface area contributed by atoms with Crippen LogP contribution in [0.25, 0.3) is 11.0 Å². The van der Waals surface area contributed by atoms with Gasteiger partial charge in [-0.2, -0.15) is 0 Å². The lowest BCUT2D eigenvalue weighted by molar-refractivity contribution is -0.116. The smallest absolute Gasteiger partial charge is 0.290 e. The first-order valence-corrected chi connectivity index (χ1v) is 9.60. The minimum Gasteiger partial charge on any atom is -0.449 e. The molecule has 0 unspecified atom stereocenters. The van der Waals surface area contributed by atoms with Crippen LogP contribution in [0.5, 0.6) is 0 Å². The van der Waals surface area contributed by atoms with Crippen molar-refractivity contribution in [1.82, 2.24) is 4.90 Å². The Morgan fingerprint density at radius 1 is 1.14 bits per heavy atom. The number of aryl methyl sites for hydroxylation is 2. The van der Waals surface area contributed by atoms with Gasteiger partial charge in [0.05, 0.1) is 5.02 Å². The lowest BCUT2D eigenvalue weighted by Gasteiger charge is -2.20. The third-order valence-corrected chi connectivity index (χ3v) is 5.12. The Morgan fingerprint density at radius 2 is 1.89 bits per heavy atom. The van der Waals surface area contributed by atoms with E-state index < -0.39 is 0 Å². The number of fused-ring (bicyclic) bond motifs is 1. The van der Waals surface area contributed by atoms with Crippen molar-refractivity contribution in [1.29, 1.82) is 0 Å². The maximum Gasteiger partial charge on any atom is 0.290 e. The number of nitrogens with zero attached hydrogens (tertiary/aromatic N) is 1. The summed E-state index contributed by atoms with van der Waals surface area (Å²) in [5, 5.41) is 4.56. The first kappa shape index (κ1) is 20.2. The predicted molar refractivity (Wildman–Crippen MR) is 112 cm³/mol. The molecule has 0 radical (unpaired) electrons. The number of para-hydroxylation sites is 1. The molecule has 0 spiro atoms. The number of anilines is 1. The van der Waals surface area contributed by atoms with Crippen LogP contribution in [0.4, 0.5) is 5.69 Å². The second kappa shape index (κ2) is 8.25. The second-order valence-corrected chi connectivity index (χ2v) is 7.34. The molecule has 0 bridgehead atoms. The summed E-state index contributed by atoms with van der Waals surface area (Å²) in [4.78, 5) is 26.9. The van der Waals surface area contributed by atoms with Gasteiger partial charge >= 0.3 is 0 Å². The van der Waals surface area contributed by atoms with Crippen LogP contribution >= 0.6 is 23.2 Å². The van der Waals surface area contributed by atoms with Gasteiger partial charge in [0, 0.05) is 28.2 Å². The molecule has 5 nitrogen and oxygen atoms in total. The fourth-order valence-corrected chi connectivity index (χ4v) is 3.36. The highest BCUT2D eigenvalue weighted by atomic mass is 35.5. The molecule has 0 fully saturated rings. The zero-order chi connectivity index (χ0) is 20.4. The van der Waals surface area contributed by atoms with Crippen LogP contribution in [0.3, 0.4) is 0 Å². The third-order valence-electron chi connectivity index (χ3n) is 4.59. The zero-order valence-electron chi connectivity index (χ0n) is 15.8. The van der Waals surface area contributed by atoms with Gasteiger partial charge in [0.1, 0.15) is 6.54 Å². The Balaban J connectivity index is 1.80. The van der Waals surface area contributed by atoms with Gasteiger partial charge in [0.25, 0.3) is 5.91 Å². The van der Waals surface area contributed by atoms with E-state index in [0.717, 1.165) is 10.9 Å². The molecule has 0 aliphatic rings. The number of hydrogen-bond acceptors (Lipinski definition) is 3. The van der Waals surface area contributed by atoms with E-state index in [9.17, 15) is 9.59 Å². The van der Waals surface area contributed by atoms with Crippen molar-refractivity contribution in [3.8, 4) is 0 Å². The topological polar surface area (TPSA) is 62.6 Å². The van der Waals surface area contributed by atoms with Gasteiger partial charge in [-0.25, -0.2) is 0 Å². The summed E-state index contributed by atoms with van der Waals surface area (Å²) < 4.78 is 5.74. The highest BCUT2D eigenvalue weighted by molar-refractivity contribution is 6.35. The Labute approximate surface area is 173 Å². The SMILES string of the molecule is CCN(CC(=O)Nc1cc(Cl)ccc1C)C(=O)c1oc2c(Cl)cccc2c1C. The van der Waals surface area contributed by atoms with Crippen molar-refractivity contribution in [3.63, 3.8) is 0 Å². The van der Waals surface area contributed by atoms with Crippen LogP contribution in [0, 0.1) is 13.8 Å². The van der Waals surface area contributed by atoms with Gasteiger partial charge in [0.2, 0.25) is 5.91 Å². The minimum absolute atomic E-state index is 0.106. The molecule has 0 atom stereocenters. The van der Waals surface area contributed by atoms with E-state index >= 15 is 0 Å². The van der Waals surface area contributed by atoms with Gasteiger partial charge in [-0.3, -0.25) is 9.59 Å². The summed E-state index contributed by atoms with van der Waals surface area (Å²) in [6.45, 7) is 5.73. The summed E-state index contributed by atoms with van der Waals surface area (Å²) in [6, 6.07) is 10.6. The largest absolute Gasteiger partial charge is 0.449 e. The van der Waals surface area contributed by atoms with Crippen molar-refractivity contribution >= 4 is 51.7 Å². The first-order chi connectivity index (χ1) is 13.3. The molecule has 146 valence electrons. The van der Waals surface area contributed by atoms with Crippen LogP contribution in [0.15, 0.2) is 40.8 Å². The number of likely N-dealkylation sites (N-methyl/N-ethyl adjacent to an activating group) is 1. The predicted octanol–water partition coefficient (Wildman–Crippen LogP) is 5.46. The molecule has 28 heavy (non-hydrogen) atoms. The Bertz CT molecular complexity index is 1060. The molecule has 0 saturated carbocycles. The highest BCUT2D eigenvalue weighted by Gasteiger charge is 2.25. The number of carbonyl (C=O) groups is 2. The van der Waals surface area contributed by atoms with Gasteiger partial charge in [-0.1, -0.05) is 41.4 Å². The number of halogens is 2. The van der Waals surface area contributed by atoms with Crippen LogP contribution < -0.4 is 5.32 Å². The standard InChI is InChI=1S/C21H20Cl2N2O3/c1-4-25(11-18(26)24-17-10-14(22)9-8-12(17)2)21(27)19-13(3)15-6-5-7-16(23)20(15)28-19/h5-10H,4,11H2,1-3H3,(H,24,26). The van der Waals surface area contributed by atoms with Crippen LogP contribution in [-0.4, -0.2) is 29.8 Å². The van der Waals surface area contributed by atoms with Gasteiger partial charge < -0.3 is 14.6 Å². The molecule has 1 heterocycles. The highest BCUT2D eigenvalue weighted by Crippen LogP contribution is 2.31. The van der Waals surface area contributed by atoms with Crippen LogP contribution in [0.1, 0.15) is 28.6 Å². The number of carbonyl (C=O) groups excluding carboxylic acids is 2. The molecular weight excluding hydrogens is 399 g/mol. The summed E-state index contributed by atoms with van der Waals surface area (Å²) in [6.07, 6.45) is 0.